The van der Waals surface area contributed by atoms with Gasteiger partial charge in [-0.15, -0.1) is 0 Å². The first-order valence-electron chi connectivity index (χ1n) is 11.3. The van der Waals surface area contributed by atoms with Gasteiger partial charge in [0.2, 0.25) is 11.8 Å². The van der Waals surface area contributed by atoms with E-state index >= 15 is 0 Å². The molecule has 1 amide bonds. The number of hydrogen-bond donors (Lipinski definition) is 1. The Morgan fingerprint density at radius 2 is 1.80 bits per heavy atom. The summed E-state index contributed by atoms with van der Waals surface area (Å²) in [6.45, 7) is 4.04. The number of rotatable bonds is 6. The average Bonchev–Trinajstić information content (AvgIpc) is 2.88. The Morgan fingerprint density at radius 3 is 2.54 bits per heavy atom. The van der Waals surface area contributed by atoms with E-state index < -0.39 is 0 Å². The van der Waals surface area contributed by atoms with Gasteiger partial charge >= 0.3 is 0 Å². The smallest absolute Gasteiger partial charge is 0.234 e. The maximum Gasteiger partial charge on any atom is 0.234 e. The fraction of sp³-hybridized carbons (Fsp3) is 0.179. The van der Waals surface area contributed by atoms with Gasteiger partial charge in [0.1, 0.15) is 16.5 Å². The van der Waals surface area contributed by atoms with E-state index in [4.69, 9.17) is 19.4 Å². The van der Waals surface area contributed by atoms with Crippen molar-refractivity contribution in [1.82, 2.24) is 9.97 Å². The summed E-state index contributed by atoms with van der Waals surface area (Å²) >= 11 is 1.39. The van der Waals surface area contributed by atoms with Crippen LogP contribution in [0.15, 0.2) is 71.8 Å². The van der Waals surface area contributed by atoms with E-state index in [0.717, 1.165) is 50.0 Å². The maximum atomic E-state index is 12.7. The molecule has 0 atom stereocenters. The zero-order valence-electron chi connectivity index (χ0n) is 19.8. The van der Waals surface area contributed by atoms with E-state index in [9.17, 15) is 4.79 Å². The molecule has 0 fully saturated rings. The lowest BCUT2D eigenvalue weighted by atomic mass is 10.0. The first-order chi connectivity index (χ1) is 17.0. The third kappa shape index (κ3) is 5.00. The van der Waals surface area contributed by atoms with E-state index in [1.807, 2.05) is 74.5 Å². The number of thioether (sulfide) groups is 1. The Labute approximate surface area is 208 Å². The molecule has 176 valence electrons. The zero-order valence-corrected chi connectivity index (χ0v) is 20.6. The molecule has 0 unspecified atom stereocenters. The minimum Gasteiger partial charge on any atom is -0.497 e. The second kappa shape index (κ2) is 9.80. The summed E-state index contributed by atoms with van der Waals surface area (Å²) in [6.07, 6.45) is 0.650. The van der Waals surface area contributed by atoms with E-state index in [1.165, 1.54) is 11.8 Å². The first kappa shape index (κ1) is 22.9. The molecule has 3 aromatic carbocycles. The molecule has 1 aliphatic rings. The van der Waals surface area contributed by atoms with Gasteiger partial charge in [0.05, 0.1) is 18.4 Å². The monoisotopic (exact) mass is 483 g/mol. The molecular formula is C28H25N3O3S. The number of nitrogens with one attached hydrogen (secondary N) is 1. The predicted molar refractivity (Wildman–Crippen MR) is 139 cm³/mol. The summed E-state index contributed by atoms with van der Waals surface area (Å²) in [4.78, 5) is 22.3. The number of benzene rings is 3. The second-order valence-corrected chi connectivity index (χ2v) is 9.37. The Bertz CT molecular complexity index is 1390. The standard InChI is InChI=1S/C28H25N3O3S/c1-17-7-11-21(12-8-17)29-24(32)16-35-28-23-15-20-6-4-5-18(2)25(20)34-27(23)30-26(31-28)19-9-13-22(33-3)14-10-19/h4-14H,15-16H2,1-3H3,(H,29,32). The molecule has 0 spiro atoms. The van der Waals surface area contributed by atoms with Crippen LogP contribution < -0.4 is 14.8 Å². The zero-order chi connectivity index (χ0) is 24.4. The van der Waals surface area contributed by atoms with Crippen molar-refractivity contribution in [2.75, 3.05) is 18.2 Å². The number of anilines is 1. The molecule has 0 radical (unpaired) electrons. The van der Waals surface area contributed by atoms with Crippen molar-refractivity contribution >= 4 is 23.4 Å². The number of para-hydroxylation sites is 1. The van der Waals surface area contributed by atoms with Gasteiger partial charge in [-0.3, -0.25) is 4.79 Å². The van der Waals surface area contributed by atoms with Crippen LogP contribution in [0.2, 0.25) is 0 Å². The summed E-state index contributed by atoms with van der Waals surface area (Å²) < 4.78 is 11.6. The van der Waals surface area contributed by atoms with Crippen LogP contribution in [0.4, 0.5) is 5.69 Å². The molecule has 1 aliphatic heterocycles. The summed E-state index contributed by atoms with van der Waals surface area (Å²) in [7, 11) is 1.63. The average molecular weight is 484 g/mol. The van der Waals surface area contributed by atoms with Crippen LogP contribution in [0, 0.1) is 13.8 Å². The normalized spacial score (nSPS) is 11.7. The highest BCUT2D eigenvalue weighted by molar-refractivity contribution is 8.00. The number of hydrogen-bond acceptors (Lipinski definition) is 6. The van der Waals surface area contributed by atoms with Gasteiger partial charge < -0.3 is 14.8 Å². The maximum absolute atomic E-state index is 12.7. The van der Waals surface area contributed by atoms with Gasteiger partial charge in [0.25, 0.3) is 0 Å². The summed E-state index contributed by atoms with van der Waals surface area (Å²) in [5, 5.41) is 3.70. The van der Waals surface area contributed by atoms with Crippen LogP contribution in [0.3, 0.4) is 0 Å². The van der Waals surface area contributed by atoms with Gasteiger partial charge in [-0.1, -0.05) is 47.7 Å². The van der Waals surface area contributed by atoms with Crippen LogP contribution in [0.1, 0.15) is 22.3 Å². The van der Waals surface area contributed by atoms with Crippen LogP contribution >= 0.6 is 11.8 Å². The lowest BCUT2D eigenvalue weighted by molar-refractivity contribution is -0.113. The van der Waals surface area contributed by atoms with E-state index in [0.29, 0.717) is 18.1 Å². The molecule has 2 heterocycles. The number of methoxy groups -OCH3 is 1. The summed E-state index contributed by atoms with van der Waals surface area (Å²) in [5.74, 6) is 2.81. The van der Waals surface area contributed by atoms with Crippen molar-refractivity contribution in [1.29, 1.82) is 0 Å². The Kier molecular flexibility index (Phi) is 6.42. The Balaban J connectivity index is 1.45. The summed E-state index contributed by atoms with van der Waals surface area (Å²) in [6, 6.07) is 21.4. The number of fused-ring (bicyclic) bond motifs is 2. The molecule has 0 saturated heterocycles. The predicted octanol–water partition coefficient (Wildman–Crippen LogP) is 6.20. The minimum atomic E-state index is -0.0924. The van der Waals surface area contributed by atoms with Crippen LogP contribution in [0.25, 0.3) is 11.4 Å². The van der Waals surface area contributed by atoms with Gasteiger partial charge in [0.15, 0.2) is 5.82 Å². The number of aryl methyl sites for hydroxylation is 2. The fourth-order valence-electron chi connectivity index (χ4n) is 3.92. The number of nitrogens with zero attached hydrogens (tertiary/aromatic N) is 2. The molecule has 6 nitrogen and oxygen atoms in total. The third-order valence-electron chi connectivity index (χ3n) is 5.81. The topological polar surface area (TPSA) is 73.3 Å². The first-order valence-corrected chi connectivity index (χ1v) is 12.3. The van der Waals surface area contributed by atoms with Crippen molar-refractivity contribution in [3.05, 3.63) is 89.0 Å². The van der Waals surface area contributed by atoms with Crippen molar-refractivity contribution in [3.63, 3.8) is 0 Å². The van der Waals surface area contributed by atoms with Crippen LogP contribution in [-0.2, 0) is 11.2 Å². The van der Waals surface area contributed by atoms with Crippen LogP contribution in [0.5, 0.6) is 17.4 Å². The van der Waals surface area contributed by atoms with E-state index in [2.05, 4.69) is 11.4 Å². The lowest BCUT2D eigenvalue weighted by Crippen LogP contribution is -2.15. The number of ether oxygens (including phenoxy) is 2. The largest absolute Gasteiger partial charge is 0.497 e. The molecule has 4 aromatic rings. The van der Waals surface area contributed by atoms with Crippen LogP contribution in [-0.4, -0.2) is 28.7 Å². The number of aromatic nitrogens is 2. The van der Waals surface area contributed by atoms with Gasteiger partial charge in [-0.2, -0.15) is 4.98 Å². The SMILES string of the molecule is COc1ccc(-c2nc3c(c(SCC(=O)Nc4ccc(C)cc4)n2)Cc2cccc(C)c2O3)cc1. The molecular weight excluding hydrogens is 458 g/mol. The number of carbonyl (C=O) groups excluding carboxylic acids is 1. The molecule has 0 aliphatic carbocycles. The van der Waals surface area contributed by atoms with E-state index in [1.54, 1.807) is 7.11 Å². The Hall–Kier alpha value is -3.84. The Morgan fingerprint density at radius 1 is 1.03 bits per heavy atom. The number of amides is 1. The summed E-state index contributed by atoms with van der Waals surface area (Å²) in [5.41, 5.74) is 5.81. The van der Waals surface area contributed by atoms with Crippen molar-refractivity contribution in [2.24, 2.45) is 0 Å². The molecule has 1 aromatic heterocycles. The van der Waals surface area contributed by atoms with Gasteiger partial charge in [0, 0.05) is 17.7 Å². The molecule has 1 N–H and O–H groups in total. The third-order valence-corrected chi connectivity index (χ3v) is 6.83. The highest BCUT2D eigenvalue weighted by Gasteiger charge is 2.25. The fourth-order valence-corrected chi connectivity index (χ4v) is 4.75. The molecule has 7 heteroatoms. The highest BCUT2D eigenvalue weighted by Crippen LogP contribution is 2.41. The van der Waals surface area contributed by atoms with Crippen molar-refractivity contribution < 1.29 is 14.3 Å². The minimum absolute atomic E-state index is 0.0924. The van der Waals surface area contributed by atoms with Crippen molar-refractivity contribution in [2.45, 2.75) is 25.3 Å². The molecule has 0 saturated carbocycles. The van der Waals surface area contributed by atoms with Crippen molar-refractivity contribution in [3.8, 4) is 28.8 Å². The quantitative estimate of drug-likeness (QED) is 0.229. The molecule has 35 heavy (non-hydrogen) atoms. The molecule has 5 rings (SSSR count). The lowest BCUT2D eigenvalue weighted by Gasteiger charge is -2.23. The highest BCUT2D eigenvalue weighted by atomic mass is 32.2. The second-order valence-electron chi connectivity index (χ2n) is 8.41. The van der Waals surface area contributed by atoms with E-state index in [-0.39, 0.29) is 11.7 Å². The van der Waals surface area contributed by atoms with Gasteiger partial charge in [-0.25, -0.2) is 4.98 Å². The van der Waals surface area contributed by atoms with Gasteiger partial charge in [-0.05, 0) is 61.4 Å². The number of carbonyl (C=O) groups is 1. The molecule has 0 bridgehead atoms.